The Labute approximate surface area is 129 Å². The van der Waals surface area contributed by atoms with Crippen molar-refractivity contribution in [3.05, 3.63) is 40.4 Å². The van der Waals surface area contributed by atoms with Gasteiger partial charge >= 0.3 is 5.97 Å². The molecule has 2 aromatic rings. The van der Waals surface area contributed by atoms with Crippen molar-refractivity contribution < 1.29 is 9.53 Å². The average molecular weight is 304 g/mol. The molecule has 21 heavy (non-hydrogen) atoms. The number of carbonyl (C=O) groups is 1. The Morgan fingerprint density at radius 1 is 1.43 bits per heavy atom. The molecule has 112 valence electrons. The van der Waals surface area contributed by atoms with E-state index in [1.54, 1.807) is 6.92 Å². The van der Waals surface area contributed by atoms with Gasteiger partial charge in [0.25, 0.3) is 0 Å². The van der Waals surface area contributed by atoms with Gasteiger partial charge in [-0.25, -0.2) is 9.78 Å². The monoisotopic (exact) mass is 304 g/mol. The molecule has 0 amide bonds. The fourth-order valence-corrected chi connectivity index (χ4v) is 3.13. The van der Waals surface area contributed by atoms with Crippen LogP contribution in [0, 0.1) is 0 Å². The van der Waals surface area contributed by atoms with Crippen LogP contribution in [0.3, 0.4) is 0 Å². The molecule has 1 heterocycles. The zero-order valence-corrected chi connectivity index (χ0v) is 13.4. The van der Waals surface area contributed by atoms with Crippen LogP contribution in [0.5, 0.6) is 0 Å². The summed E-state index contributed by atoms with van der Waals surface area (Å²) >= 11 is 1.38. The Morgan fingerprint density at radius 3 is 2.81 bits per heavy atom. The molecule has 0 aliphatic carbocycles. The molecule has 0 bridgehead atoms. The van der Waals surface area contributed by atoms with Crippen LogP contribution in [0.2, 0.25) is 0 Å². The molecule has 5 heteroatoms. The lowest BCUT2D eigenvalue weighted by Gasteiger charge is -2.04. The second-order valence-electron chi connectivity index (χ2n) is 5.01. The van der Waals surface area contributed by atoms with E-state index in [-0.39, 0.29) is 11.9 Å². The Bertz CT molecular complexity index is 635. The Balaban J connectivity index is 2.45. The van der Waals surface area contributed by atoms with Crippen LogP contribution in [0.15, 0.2) is 24.3 Å². The predicted octanol–water partition coefficient (Wildman–Crippen LogP) is 3.57. The highest BCUT2D eigenvalue weighted by atomic mass is 32.1. The van der Waals surface area contributed by atoms with Gasteiger partial charge in [-0.2, -0.15) is 0 Å². The van der Waals surface area contributed by atoms with Crippen LogP contribution in [-0.4, -0.2) is 17.6 Å². The highest BCUT2D eigenvalue weighted by molar-refractivity contribution is 7.17. The van der Waals surface area contributed by atoms with E-state index in [4.69, 9.17) is 10.5 Å². The first-order chi connectivity index (χ1) is 10.1. The molecule has 0 spiro atoms. The van der Waals surface area contributed by atoms with Crippen LogP contribution in [-0.2, 0) is 11.3 Å². The minimum atomic E-state index is -0.292. The highest BCUT2D eigenvalue weighted by Crippen LogP contribution is 2.32. The van der Waals surface area contributed by atoms with Crippen molar-refractivity contribution in [1.29, 1.82) is 0 Å². The van der Waals surface area contributed by atoms with Gasteiger partial charge in [0.1, 0.15) is 9.88 Å². The van der Waals surface area contributed by atoms with Crippen molar-refractivity contribution in [3.8, 4) is 10.6 Å². The van der Waals surface area contributed by atoms with Gasteiger partial charge < -0.3 is 10.5 Å². The third-order valence-corrected chi connectivity index (χ3v) is 4.17. The van der Waals surface area contributed by atoms with Gasteiger partial charge in [0, 0.05) is 12.1 Å². The molecule has 1 aromatic carbocycles. The van der Waals surface area contributed by atoms with E-state index < -0.39 is 0 Å². The number of aromatic nitrogens is 1. The molecule has 1 aromatic heterocycles. The summed E-state index contributed by atoms with van der Waals surface area (Å²) in [6, 6.07) is 7.93. The Kier molecular flexibility index (Phi) is 5.09. The topological polar surface area (TPSA) is 65.2 Å². The van der Waals surface area contributed by atoms with Gasteiger partial charge in [0.15, 0.2) is 0 Å². The first-order valence-corrected chi connectivity index (χ1v) is 7.85. The molecular formula is C16H20N2O2S. The second kappa shape index (κ2) is 6.83. The van der Waals surface area contributed by atoms with Crippen LogP contribution in [0.4, 0.5) is 0 Å². The number of nitrogens with zero attached hydrogens (tertiary/aromatic N) is 1. The molecule has 0 atom stereocenters. The SMILES string of the molecule is CCOC(=O)c1sc(-c2cccc(CN)c2)nc1C(C)C. The maximum Gasteiger partial charge on any atom is 0.350 e. The van der Waals surface area contributed by atoms with Gasteiger partial charge in [0.05, 0.1) is 12.3 Å². The normalized spacial score (nSPS) is 10.9. The number of nitrogens with two attached hydrogens (primary N) is 1. The quantitative estimate of drug-likeness (QED) is 0.858. The van der Waals surface area contributed by atoms with Crippen LogP contribution in [0.1, 0.15) is 47.6 Å². The van der Waals surface area contributed by atoms with Crippen molar-refractivity contribution in [1.82, 2.24) is 4.98 Å². The van der Waals surface area contributed by atoms with E-state index in [0.29, 0.717) is 18.0 Å². The summed E-state index contributed by atoms with van der Waals surface area (Å²) in [5.74, 6) is -0.118. The fourth-order valence-electron chi connectivity index (χ4n) is 2.02. The van der Waals surface area contributed by atoms with Crippen molar-refractivity contribution in [3.63, 3.8) is 0 Å². The standard InChI is InChI=1S/C16H20N2O2S/c1-4-20-16(19)14-13(10(2)3)18-15(21-14)12-7-5-6-11(8-12)9-17/h5-8,10H,4,9,17H2,1-3H3. The number of thiazole rings is 1. The molecule has 0 unspecified atom stereocenters. The maximum atomic E-state index is 12.1. The smallest absolute Gasteiger partial charge is 0.350 e. The maximum absolute atomic E-state index is 12.1. The van der Waals surface area contributed by atoms with Gasteiger partial charge in [-0.05, 0) is 24.5 Å². The fraction of sp³-hybridized carbons (Fsp3) is 0.375. The van der Waals surface area contributed by atoms with Crippen LogP contribution < -0.4 is 5.73 Å². The molecule has 0 fully saturated rings. The Morgan fingerprint density at radius 2 is 2.19 bits per heavy atom. The predicted molar refractivity (Wildman–Crippen MR) is 85.5 cm³/mol. The van der Waals surface area contributed by atoms with Crippen LogP contribution in [0.25, 0.3) is 10.6 Å². The van der Waals surface area contributed by atoms with Gasteiger partial charge in [0.2, 0.25) is 0 Å². The van der Waals surface area contributed by atoms with Gasteiger partial charge in [-0.1, -0.05) is 32.0 Å². The van der Waals surface area contributed by atoms with Crippen molar-refractivity contribution >= 4 is 17.3 Å². The molecule has 0 aliphatic heterocycles. The summed E-state index contributed by atoms with van der Waals surface area (Å²) in [6.45, 7) is 6.71. The molecular weight excluding hydrogens is 284 g/mol. The number of esters is 1. The minimum absolute atomic E-state index is 0.173. The van der Waals surface area contributed by atoms with E-state index in [0.717, 1.165) is 21.8 Å². The largest absolute Gasteiger partial charge is 0.462 e. The minimum Gasteiger partial charge on any atom is -0.462 e. The van der Waals surface area contributed by atoms with E-state index in [9.17, 15) is 4.79 Å². The molecule has 0 saturated carbocycles. The molecule has 2 N–H and O–H groups in total. The summed E-state index contributed by atoms with van der Waals surface area (Å²) in [7, 11) is 0. The zero-order chi connectivity index (χ0) is 15.4. The summed E-state index contributed by atoms with van der Waals surface area (Å²) in [5.41, 5.74) is 8.51. The number of carbonyl (C=O) groups excluding carboxylic acids is 1. The molecule has 0 aliphatic rings. The average Bonchev–Trinajstić information content (AvgIpc) is 2.93. The summed E-state index contributed by atoms with van der Waals surface area (Å²) in [5, 5.41) is 0.831. The number of rotatable bonds is 5. The van der Waals surface area contributed by atoms with Crippen molar-refractivity contribution in [2.45, 2.75) is 33.2 Å². The summed E-state index contributed by atoms with van der Waals surface area (Å²) < 4.78 is 5.12. The number of benzene rings is 1. The number of ether oxygens (including phenoxy) is 1. The number of hydrogen-bond acceptors (Lipinski definition) is 5. The molecule has 2 rings (SSSR count). The summed E-state index contributed by atoms with van der Waals surface area (Å²) in [4.78, 5) is 17.3. The number of hydrogen-bond donors (Lipinski definition) is 1. The van der Waals surface area contributed by atoms with Crippen LogP contribution >= 0.6 is 11.3 Å². The van der Waals surface area contributed by atoms with Crippen molar-refractivity contribution in [2.24, 2.45) is 5.73 Å². The first-order valence-electron chi connectivity index (χ1n) is 7.04. The van der Waals surface area contributed by atoms with E-state index >= 15 is 0 Å². The van der Waals surface area contributed by atoms with Gasteiger partial charge in [-0.3, -0.25) is 0 Å². The Hall–Kier alpha value is -1.72. The van der Waals surface area contributed by atoms with Gasteiger partial charge in [-0.15, -0.1) is 11.3 Å². The lowest BCUT2D eigenvalue weighted by molar-refractivity contribution is 0.0530. The highest BCUT2D eigenvalue weighted by Gasteiger charge is 2.21. The van der Waals surface area contributed by atoms with E-state index in [2.05, 4.69) is 4.98 Å². The summed E-state index contributed by atoms with van der Waals surface area (Å²) in [6.07, 6.45) is 0. The zero-order valence-electron chi connectivity index (χ0n) is 12.6. The third-order valence-electron chi connectivity index (χ3n) is 3.07. The van der Waals surface area contributed by atoms with E-state index in [1.807, 2.05) is 38.1 Å². The third kappa shape index (κ3) is 3.49. The van der Waals surface area contributed by atoms with Crippen molar-refractivity contribution in [2.75, 3.05) is 6.61 Å². The molecule has 0 radical (unpaired) electrons. The lowest BCUT2D eigenvalue weighted by Crippen LogP contribution is -2.06. The first kappa shape index (κ1) is 15.7. The lowest BCUT2D eigenvalue weighted by atomic mass is 10.1. The van der Waals surface area contributed by atoms with E-state index in [1.165, 1.54) is 11.3 Å². The molecule has 4 nitrogen and oxygen atoms in total. The molecule has 0 saturated heterocycles. The second-order valence-corrected chi connectivity index (χ2v) is 6.01.